The van der Waals surface area contributed by atoms with E-state index >= 15 is 0 Å². The summed E-state index contributed by atoms with van der Waals surface area (Å²) in [6, 6.07) is 0.438. The first kappa shape index (κ1) is 14.8. The Morgan fingerprint density at radius 3 is 2.63 bits per heavy atom. The second kappa shape index (κ2) is 7.85. The smallest absolute Gasteiger partial charge is 0.223 e. The molecule has 1 saturated heterocycles. The number of hydrogen-bond acceptors (Lipinski definition) is 3. The number of nitrogens with zero attached hydrogens (tertiary/aromatic N) is 1. The molecule has 1 aliphatic carbocycles. The first-order valence-electron chi connectivity index (χ1n) is 7.85. The SMILES string of the molecule is COC1CCCCC1NCCC(=O)N1CCCCC1. The van der Waals surface area contributed by atoms with Crippen LogP contribution in [0.5, 0.6) is 0 Å². The van der Waals surface area contributed by atoms with Crippen molar-refractivity contribution in [1.29, 1.82) is 0 Å². The Labute approximate surface area is 116 Å². The number of nitrogens with one attached hydrogen (secondary N) is 1. The lowest BCUT2D eigenvalue weighted by Gasteiger charge is -2.31. The van der Waals surface area contributed by atoms with Crippen molar-refractivity contribution in [2.24, 2.45) is 0 Å². The van der Waals surface area contributed by atoms with Gasteiger partial charge in [0.1, 0.15) is 0 Å². The Bertz CT molecular complexity index is 277. The van der Waals surface area contributed by atoms with Gasteiger partial charge >= 0.3 is 0 Å². The highest BCUT2D eigenvalue weighted by Gasteiger charge is 2.24. The molecular formula is C15H28N2O2. The fraction of sp³-hybridized carbons (Fsp3) is 0.933. The van der Waals surface area contributed by atoms with Crippen LogP contribution in [0.25, 0.3) is 0 Å². The molecule has 2 unspecified atom stereocenters. The van der Waals surface area contributed by atoms with E-state index in [9.17, 15) is 4.79 Å². The van der Waals surface area contributed by atoms with Crippen LogP contribution in [0.1, 0.15) is 51.4 Å². The number of ether oxygens (including phenoxy) is 1. The number of rotatable bonds is 5. The van der Waals surface area contributed by atoms with Gasteiger partial charge in [0.2, 0.25) is 5.91 Å². The van der Waals surface area contributed by atoms with Crippen LogP contribution in [0.3, 0.4) is 0 Å². The highest BCUT2D eigenvalue weighted by atomic mass is 16.5. The molecule has 4 nitrogen and oxygen atoms in total. The Hall–Kier alpha value is -0.610. The number of methoxy groups -OCH3 is 1. The lowest BCUT2D eigenvalue weighted by atomic mass is 9.92. The number of carbonyl (C=O) groups excluding carboxylic acids is 1. The van der Waals surface area contributed by atoms with Gasteiger partial charge in [-0.05, 0) is 32.1 Å². The zero-order valence-corrected chi connectivity index (χ0v) is 12.2. The van der Waals surface area contributed by atoms with Gasteiger partial charge in [-0.1, -0.05) is 12.8 Å². The largest absolute Gasteiger partial charge is 0.380 e. The molecule has 1 saturated carbocycles. The third kappa shape index (κ3) is 4.46. The summed E-state index contributed by atoms with van der Waals surface area (Å²) in [6.45, 7) is 2.71. The molecule has 19 heavy (non-hydrogen) atoms. The molecule has 2 rings (SSSR count). The van der Waals surface area contributed by atoms with E-state index in [4.69, 9.17) is 4.74 Å². The zero-order chi connectivity index (χ0) is 13.5. The summed E-state index contributed by atoms with van der Waals surface area (Å²) >= 11 is 0. The number of piperidine rings is 1. The van der Waals surface area contributed by atoms with Crippen molar-refractivity contribution in [2.75, 3.05) is 26.7 Å². The van der Waals surface area contributed by atoms with Crippen LogP contribution >= 0.6 is 0 Å². The number of likely N-dealkylation sites (tertiary alicyclic amines) is 1. The van der Waals surface area contributed by atoms with E-state index < -0.39 is 0 Å². The average Bonchev–Trinajstić information content (AvgIpc) is 2.48. The molecule has 4 heteroatoms. The minimum absolute atomic E-state index is 0.317. The lowest BCUT2D eigenvalue weighted by Crippen LogP contribution is -2.45. The molecule has 0 bridgehead atoms. The van der Waals surface area contributed by atoms with Gasteiger partial charge in [-0.3, -0.25) is 4.79 Å². The molecule has 2 aliphatic rings. The second-order valence-corrected chi connectivity index (χ2v) is 5.81. The first-order chi connectivity index (χ1) is 9.31. The molecule has 110 valence electrons. The van der Waals surface area contributed by atoms with E-state index in [1.54, 1.807) is 7.11 Å². The quantitative estimate of drug-likeness (QED) is 0.828. The molecular weight excluding hydrogens is 240 g/mol. The molecule has 0 radical (unpaired) electrons. The molecule has 0 aromatic heterocycles. The van der Waals surface area contributed by atoms with E-state index in [0.717, 1.165) is 26.1 Å². The fourth-order valence-corrected chi connectivity index (χ4v) is 3.28. The molecule has 2 fully saturated rings. The molecule has 0 aromatic rings. The minimum atomic E-state index is 0.317. The number of carbonyl (C=O) groups is 1. The van der Waals surface area contributed by atoms with E-state index in [1.807, 2.05) is 4.90 Å². The van der Waals surface area contributed by atoms with Crippen molar-refractivity contribution in [1.82, 2.24) is 10.2 Å². The second-order valence-electron chi connectivity index (χ2n) is 5.81. The number of hydrogen-bond donors (Lipinski definition) is 1. The van der Waals surface area contributed by atoms with Crippen LogP contribution in [0, 0.1) is 0 Å². The highest BCUT2D eigenvalue weighted by Crippen LogP contribution is 2.20. The third-order valence-corrected chi connectivity index (χ3v) is 4.46. The van der Waals surface area contributed by atoms with Gasteiger partial charge in [-0.25, -0.2) is 0 Å². The van der Waals surface area contributed by atoms with E-state index in [1.165, 1.54) is 38.5 Å². The zero-order valence-electron chi connectivity index (χ0n) is 12.2. The van der Waals surface area contributed by atoms with Gasteiger partial charge in [0.15, 0.2) is 0 Å². The first-order valence-corrected chi connectivity index (χ1v) is 7.85. The summed E-state index contributed by atoms with van der Waals surface area (Å²) in [5.41, 5.74) is 0. The number of amides is 1. The Balaban J connectivity index is 1.65. The summed E-state index contributed by atoms with van der Waals surface area (Å²) in [5, 5.41) is 3.52. The van der Waals surface area contributed by atoms with Gasteiger partial charge in [-0.2, -0.15) is 0 Å². The van der Waals surface area contributed by atoms with Crippen LogP contribution < -0.4 is 5.32 Å². The van der Waals surface area contributed by atoms with Crippen LogP contribution in [0.15, 0.2) is 0 Å². The normalized spacial score (nSPS) is 28.4. The molecule has 2 atom stereocenters. The van der Waals surface area contributed by atoms with Gasteiger partial charge in [0.05, 0.1) is 6.10 Å². The van der Waals surface area contributed by atoms with Gasteiger partial charge in [0, 0.05) is 39.2 Å². The van der Waals surface area contributed by atoms with Crippen molar-refractivity contribution in [3.05, 3.63) is 0 Å². The fourth-order valence-electron chi connectivity index (χ4n) is 3.28. The summed E-state index contributed by atoms with van der Waals surface area (Å²) in [5.74, 6) is 0.317. The van der Waals surface area contributed by atoms with Gasteiger partial charge in [0.25, 0.3) is 0 Å². The van der Waals surface area contributed by atoms with Crippen molar-refractivity contribution in [3.63, 3.8) is 0 Å². The van der Waals surface area contributed by atoms with Crippen LogP contribution in [-0.4, -0.2) is 49.7 Å². The monoisotopic (exact) mass is 268 g/mol. The summed E-state index contributed by atoms with van der Waals surface area (Å²) in [6.07, 6.45) is 9.46. The van der Waals surface area contributed by atoms with Gasteiger partial charge < -0.3 is 15.0 Å². The minimum Gasteiger partial charge on any atom is -0.380 e. The lowest BCUT2D eigenvalue weighted by molar-refractivity contribution is -0.132. The predicted octanol–water partition coefficient (Wildman–Crippen LogP) is 1.94. The topological polar surface area (TPSA) is 41.6 Å². The van der Waals surface area contributed by atoms with E-state index in [-0.39, 0.29) is 0 Å². The van der Waals surface area contributed by atoms with Gasteiger partial charge in [-0.15, -0.1) is 0 Å². The maximum Gasteiger partial charge on any atom is 0.223 e. The Kier molecular flexibility index (Phi) is 6.11. The van der Waals surface area contributed by atoms with Crippen molar-refractivity contribution in [3.8, 4) is 0 Å². The maximum atomic E-state index is 12.0. The molecule has 0 aromatic carbocycles. The van der Waals surface area contributed by atoms with Crippen LogP contribution in [0.4, 0.5) is 0 Å². The van der Waals surface area contributed by atoms with Crippen LogP contribution in [-0.2, 0) is 9.53 Å². The van der Waals surface area contributed by atoms with Crippen LogP contribution in [0.2, 0.25) is 0 Å². The molecule has 0 spiro atoms. The standard InChI is InChI=1S/C15H28N2O2/c1-19-14-8-4-3-7-13(14)16-10-9-15(18)17-11-5-2-6-12-17/h13-14,16H,2-12H2,1H3. The summed E-state index contributed by atoms with van der Waals surface area (Å²) < 4.78 is 5.52. The maximum absolute atomic E-state index is 12.0. The Morgan fingerprint density at radius 2 is 1.89 bits per heavy atom. The van der Waals surface area contributed by atoms with E-state index in [2.05, 4.69) is 5.32 Å². The predicted molar refractivity (Wildman–Crippen MR) is 76.1 cm³/mol. The molecule has 1 amide bonds. The van der Waals surface area contributed by atoms with Crippen molar-refractivity contribution < 1.29 is 9.53 Å². The van der Waals surface area contributed by atoms with Crippen molar-refractivity contribution >= 4 is 5.91 Å². The highest BCUT2D eigenvalue weighted by molar-refractivity contribution is 5.76. The van der Waals surface area contributed by atoms with Crippen molar-refractivity contribution in [2.45, 2.75) is 63.5 Å². The summed E-state index contributed by atoms with van der Waals surface area (Å²) in [4.78, 5) is 14.1. The third-order valence-electron chi connectivity index (χ3n) is 4.46. The molecule has 1 aliphatic heterocycles. The molecule has 1 heterocycles. The molecule has 1 N–H and O–H groups in total. The Morgan fingerprint density at radius 1 is 1.16 bits per heavy atom. The van der Waals surface area contributed by atoms with E-state index in [0.29, 0.717) is 24.5 Å². The summed E-state index contributed by atoms with van der Waals surface area (Å²) in [7, 11) is 1.80. The average molecular weight is 268 g/mol.